The minimum atomic E-state index is -0.307. The molecule has 1 N–H and O–H groups in total. The monoisotopic (exact) mass is 275 g/mol. The van der Waals surface area contributed by atoms with Crippen LogP contribution < -0.4 is 10.1 Å². The van der Waals surface area contributed by atoms with Gasteiger partial charge in [0, 0.05) is 31.8 Å². The van der Waals surface area contributed by atoms with Crippen molar-refractivity contribution in [1.29, 1.82) is 0 Å². The maximum atomic E-state index is 13.2. The number of nitrogens with one attached hydrogen (secondary N) is 1. The van der Waals surface area contributed by atoms with Crippen LogP contribution in [0.2, 0.25) is 0 Å². The van der Waals surface area contributed by atoms with Gasteiger partial charge in [-0.25, -0.2) is 4.39 Å². The van der Waals surface area contributed by atoms with E-state index in [0.29, 0.717) is 18.9 Å². The molecule has 0 bridgehead atoms. The van der Waals surface area contributed by atoms with Crippen molar-refractivity contribution in [2.24, 2.45) is 0 Å². The summed E-state index contributed by atoms with van der Waals surface area (Å²) in [6.45, 7) is 2.10. The van der Waals surface area contributed by atoms with E-state index >= 15 is 0 Å². The summed E-state index contributed by atoms with van der Waals surface area (Å²) in [6, 6.07) is 13.8. The highest BCUT2D eigenvalue weighted by atomic mass is 19.1. The molecule has 0 unspecified atom stereocenters. The molecule has 0 aliphatic carbocycles. The second-order valence-corrected chi connectivity index (χ2v) is 4.34. The number of hydrogen-bond donors (Lipinski definition) is 1. The highest BCUT2D eigenvalue weighted by molar-refractivity contribution is 5.37. The van der Waals surface area contributed by atoms with Gasteiger partial charge in [0.05, 0.1) is 6.61 Å². The van der Waals surface area contributed by atoms with E-state index in [9.17, 15) is 4.39 Å². The van der Waals surface area contributed by atoms with Crippen LogP contribution in [0.3, 0.4) is 0 Å². The number of benzene rings is 2. The Labute approximate surface area is 118 Å². The average molecular weight is 275 g/mol. The van der Waals surface area contributed by atoms with Crippen molar-refractivity contribution >= 4 is 0 Å². The Morgan fingerprint density at radius 1 is 1.10 bits per heavy atom. The van der Waals surface area contributed by atoms with Gasteiger partial charge >= 0.3 is 0 Å². The van der Waals surface area contributed by atoms with Crippen LogP contribution in [-0.2, 0) is 11.3 Å². The van der Waals surface area contributed by atoms with Crippen LogP contribution in [0.5, 0.6) is 11.5 Å². The Hall–Kier alpha value is -1.91. The molecule has 0 heterocycles. The number of rotatable bonds is 7. The molecule has 0 aliphatic rings. The molecule has 0 radical (unpaired) electrons. The van der Waals surface area contributed by atoms with Crippen molar-refractivity contribution in [1.82, 2.24) is 5.32 Å². The van der Waals surface area contributed by atoms with Gasteiger partial charge in [-0.15, -0.1) is 0 Å². The van der Waals surface area contributed by atoms with Crippen molar-refractivity contribution in [3.05, 3.63) is 59.9 Å². The molecular weight excluding hydrogens is 257 g/mol. The van der Waals surface area contributed by atoms with E-state index in [4.69, 9.17) is 9.47 Å². The molecule has 3 nitrogen and oxygen atoms in total. The lowest BCUT2D eigenvalue weighted by Gasteiger charge is -2.12. The van der Waals surface area contributed by atoms with Crippen LogP contribution in [0.1, 0.15) is 5.56 Å². The predicted octanol–water partition coefficient (Wildman–Crippen LogP) is 3.35. The van der Waals surface area contributed by atoms with E-state index in [-0.39, 0.29) is 5.82 Å². The predicted molar refractivity (Wildman–Crippen MR) is 76.5 cm³/mol. The second kappa shape index (κ2) is 7.62. The molecule has 0 spiro atoms. The molecule has 2 aromatic rings. The Bertz CT molecular complexity index is 546. The van der Waals surface area contributed by atoms with Crippen LogP contribution in [-0.4, -0.2) is 20.3 Å². The SMILES string of the molecule is COCCNCc1ccccc1Oc1cccc(F)c1. The largest absolute Gasteiger partial charge is 0.457 e. The van der Waals surface area contributed by atoms with Crippen molar-refractivity contribution in [2.45, 2.75) is 6.54 Å². The molecule has 0 atom stereocenters. The van der Waals surface area contributed by atoms with Crippen LogP contribution in [0, 0.1) is 5.82 Å². The number of halogens is 1. The van der Waals surface area contributed by atoms with Crippen molar-refractivity contribution in [2.75, 3.05) is 20.3 Å². The molecule has 0 amide bonds. The molecule has 20 heavy (non-hydrogen) atoms. The van der Waals surface area contributed by atoms with Crippen LogP contribution in [0.15, 0.2) is 48.5 Å². The summed E-state index contributed by atoms with van der Waals surface area (Å²) in [7, 11) is 1.67. The Morgan fingerprint density at radius 2 is 1.95 bits per heavy atom. The maximum absolute atomic E-state index is 13.2. The van der Waals surface area contributed by atoms with Gasteiger partial charge in [-0.2, -0.15) is 0 Å². The van der Waals surface area contributed by atoms with Crippen molar-refractivity contribution in [3.63, 3.8) is 0 Å². The lowest BCUT2D eigenvalue weighted by Crippen LogP contribution is -2.18. The molecule has 0 saturated heterocycles. The zero-order chi connectivity index (χ0) is 14.2. The first-order valence-electron chi connectivity index (χ1n) is 6.50. The molecule has 0 aromatic heterocycles. The molecule has 0 aliphatic heterocycles. The number of ether oxygens (including phenoxy) is 2. The zero-order valence-corrected chi connectivity index (χ0v) is 11.4. The zero-order valence-electron chi connectivity index (χ0n) is 11.4. The quantitative estimate of drug-likeness (QED) is 0.786. The second-order valence-electron chi connectivity index (χ2n) is 4.34. The minimum Gasteiger partial charge on any atom is -0.457 e. The van der Waals surface area contributed by atoms with Crippen molar-refractivity contribution in [3.8, 4) is 11.5 Å². The summed E-state index contributed by atoms with van der Waals surface area (Å²) in [5.41, 5.74) is 1.02. The third-order valence-electron chi connectivity index (χ3n) is 2.79. The Morgan fingerprint density at radius 3 is 2.75 bits per heavy atom. The summed E-state index contributed by atoms with van der Waals surface area (Å²) >= 11 is 0. The van der Waals surface area contributed by atoms with Crippen molar-refractivity contribution < 1.29 is 13.9 Å². The van der Waals surface area contributed by atoms with E-state index in [1.54, 1.807) is 19.2 Å². The number of methoxy groups -OCH3 is 1. The lowest BCUT2D eigenvalue weighted by molar-refractivity contribution is 0.199. The average Bonchev–Trinajstić information content (AvgIpc) is 2.45. The first-order valence-corrected chi connectivity index (χ1v) is 6.50. The van der Waals surface area contributed by atoms with Gasteiger partial charge in [-0.3, -0.25) is 0 Å². The van der Waals surface area contributed by atoms with Crippen LogP contribution in [0.25, 0.3) is 0 Å². The first kappa shape index (κ1) is 14.5. The highest BCUT2D eigenvalue weighted by Crippen LogP contribution is 2.25. The lowest BCUT2D eigenvalue weighted by atomic mass is 10.2. The molecule has 0 saturated carbocycles. The fraction of sp³-hybridized carbons (Fsp3) is 0.250. The maximum Gasteiger partial charge on any atom is 0.131 e. The van der Waals surface area contributed by atoms with Crippen LogP contribution in [0.4, 0.5) is 4.39 Å². The molecule has 0 fully saturated rings. The molecule has 106 valence electrons. The summed E-state index contributed by atoms with van der Waals surface area (Å²) in [5.74, 6) is 0.913. The summed E-state index contributed by atoms with van der Waals surface area (Å²) in [4.78, 5) is 0. The van der Waals surface area contributed by atoms with Gasteiger partial charge in [-0.1, -0.05) is 24.3 Å². The summed E-state index contributed by atoms with van der Waals surface area (Å²) in [6.07, 6.45) is 0. The van der Waals surface area contributed by atoms with Gasteiger partial charge in [0.2, 0.25) is 0 Å². The normalized spacial score (nSPS) is 10.5. The molecule has 2 rings (SSSR count). The van der Waals surface area contributed by atoms with E-state index in [1.807, 2.05) is 24.3 Å². The van der Waals surface area contributed by atoms with Gasteiger partial charge in [-0.05, 0) is 18.2 Å². The molecule has 2 aromatic carbocycles. The molecular formula is C16H18FNO2. The van der Waals surface area contributed by atoms with Gasteiger partial charge in [0.25, 0.3) is 0 Å². The smallest absolute Gasteiger partial charge is 0.131 e. The molecule has 4 heteroatoms. The number of hydrogen-bond acceptors (Lipinski definition) is 3. The van der Waals surface area contributed by atoms with E-state index in [1.165, 1.54) is 12.1 Å². The van der Waals surface area contributed by atoms with Gasteiger partial charge < -0.3 is 14.8 Å². The van der Waals surface area contributed by atoms with Gasteiger partial charge in [0.1, 0.15) is 17.3 Å². The Kier molecular flexibility index (Phi) is 5.53. The highest BCUT2D eigenvalue weighted by Gasteiger charge is 2.04. The fourth-order valence-electron chi connectivity index (χ4n) is 1.80. The van der Waals surface area contributed by atoms with Gasteiger partial charge in [0.15, 0.2) is 0 Å². The number of para-hydroxylation sites is 1. The van der Waals surface area contributed by atoms with E-state index in [0.717, 1.165) is 17.9 Å². The van der Waals surface area contributed by atoms with E-state index in [2.05, 4.69) is 5.32 Å². The third kappa shape index (κ3) is 4.33. The van der Waals surface area contributed by atoms with E-state index < -0.39 is 0 Å². The minimum absolute atomic E-state index is 0.307. The fourth-order valence-corrected chi connectivity index (χ4v) is 1.80. The third-order valence-corrected chi connectivity index (χ3v) is 2.79. The summed E-state index contributed by atoms with van der Waals surface area (Å²) < 4.78 is 23.9. The first-order chi connectivity index (χ1) is 9.79. The topological polar surface area (TPSA) is 30.5 Å². The standard InChI is InChI=1S/C16H18FNO2/c1-19-10-9-18-12-13-5-2-3-8-16(13)20-15-7-4-6-14(17)11-15/h2-8,11,18H,9-10,12H2,1H3. The summed E-state index contributed by atoms with van der Waals surface area (Å²) in [5, 5.41) is 3.26. The Balaban J connectivity index is 2.03. The van der Waals surface area contributed by atoms with Crippen LogP contribution >= 0.6 is 0 Å².